The van der Waals surface area contributed by atoms with Crippen LogP contribution in [0.5, 0.6) is 0 Å². The molecule has 0 heterocycles. The predicted octanol–water partition coefficient (Wildman–Crippen LogP) is 4.58. The van der Waals surface area contributed by atoms with Gasteiger partial charge in [0.05, 0.1) is 6.54 Å². The Kier molecular flexibility index (Phi) is 6.78. The molecule has 7 heteroatoms. The maximum absolute atomic E-state index is 12.3. The summed E-state index contributed by atoms with van der Waals surface area (Å²) in [6.45, 7) is 0.182. The Morgan fingerprint density at radius 2 is 1.88 bits per heavy atom. The van der Waals surface area contributed by atoms with Crippen LogP contribution in [0.4, 0.5) is 18.0 Å². The molecule has 3 nitrogen and oxygen atoms in total. The lowest BCUT2D eigenvalue weighted by Gasteiger charge is -2.05. The third-order valence-corrected chi connectivity index (χ3v) is 3.56. The molecule has 2 aromatic rings. The van der Waals surface area contributed by atoms with E-state index in [1.165, 1.54) is 18.2 Å². The van der Waals surface area contributed by atoms with Gasteiger partial charge in [-0.25, -0.2) is 4.79 Å². The van der Waals surface area contributed by atoms with Gasteiger partial charge in [-0.3, -0.25) is 0 Å². The Morgan fingerprint density at radius 3 is 2.60 bits per heavy atom. The molecule has 1 amide bonds. The van der Waals surface area contributed by atoms with E-state index in [0.29, 0.717) is 5.56 Å². The quantitative estimate of drug-likeness (QED) is 0.637. The molecule has 2 rings (SSSR count). The van der Waals surface area contributed by atoms with Gasteiger partial charge in [0.15, 0.2) is 0 Å². The van der Waals surface area contributed by atoms with Gasteiger partial charge in [-0.2, -0.15) is 13.2 Å². The highest BCUT2D eigenvalue weighted by molar-refractivity contribution is 8.00. The maximum atomic E-state index is 12.3. The minimum atomic E-state index is -4.34. The van der Waals surface area contributed by atoms with Crippen LogP contribution in [0.2, 0.25) is 0 Å². The number of nitrogens with one attached hydrogen (secondary N) is 1. The lowest BCUT2D eigenvalue weighted by Crippen LogP contribution is -2.24. The molecule has 25 heavy (non-hydrogen) atoms. The molecule has 0 atom stereocenters. The number of carbonyl (C=O) groups excluding carboxylic acids is 1. The van der Waals surface area contributed by atoms with E-state index in [2.05, 4.69) is 17.2 Å². The van der Waals surface area contributed by atoms with Crippen LogP contribution < -0.4 is 5.32 Å². The molecule has 130 valence electrons. The number of alkyl carbamates (subject to hydrolysis) is 1. The first-order valence-corrected chi connectivity index (χ1v) is 8.03. The molecular formula is C18H14F3NO2S. The number of ether oxygens (including phenoxy) is 1. The monoisotopic (exact) mass is 365 g/mol. The normalized spacial score (nSPS) is 10.5. The van der Waals surface area contributed by atoms with E-state index in [1.54, 1.807) is 6.07 Å². The van der Waals surface area contributed by atoms with Gasteiger partial charge in [0, 0.05) is 10.5 Å². The Balaban J connectivity index is 1.78. The third-order valence-electron chi connectivity index (χ3n) is 2.83. The van der Waals surface area contributed by atoms with Crippen LogP contribution in [0.15, 0.2) is 59.5 Å². The average molecular weight is 365 g/mol. The van der Waals surface area contributed by atoms with E-state index < -0.39 is 11.6 Å². The fraction of sp³-hybridized carbons (Fsp3) is 0.167. The second kappa shape index (κ2) is 9.04. The van der Waals surface area contributed by atoms with E-state index in [9.17, 15) is 18.0 Å². The second-order valence-corrected chi connectivity index (χ2v) is 5.93. The van der Waals surface area contributed by atoms with Crippen molar-refractivity contribution in [2.24, 2.45) is 0 Å². The first-order chi connectivity index (χ1) is 11.9. The number of halogens is 3. The first-order valence-electron chi connectivity index (χ1n) is 7.21. The summed E-state index contributed by atoms with van der Waals surface area (Å²) in [6.07, 6.45) is -0.612. The fourth-order valence-corrected chi connectivity index (χ4v) is 2.41. The van der Waals surface area contributed by atoms with E-state index in [1.807, 2.05) is 30.3 Å². The summed E-state index contributed by atoms with van der Waals surface area (Å²) >= 11 is -0.194. The van der Waals surface area contributed by atoms with E-state index in [0.717, 1.165) is 5.56 Å². The summed E-state index contributed by atoms with van der Waals surface area (Å²) in [5, 5.41) is 2.46. The summed E-state index contributed by atoms with van der Waals surface area (Å²) in [4.78, 5) is 11.6. The van der Waals surface area contributed by atoms with Crippen molar-refractivity contribution in [3.8, 4) is 11.8 Å². The molecule has 1 N–H and O–H groups in total. The molecule has 0 aliphatic carbocycles. The Hall–Kier alpha value is -2.59. The minimum Gasteiger partial charge on any atom is -0.445 e. The number of alkyl halides is 3. The Morgan fingerprint density at radius 1 is 1.12 bits per heavy atom. The zero-order valence-corrected chi connectivity index (χ0v) is 13.8. The summed E-state index contributed by atoms with van der Waals surface area (Å²) in [5.41, 5.74) is -3.03. The van der Waals surface area contributed by atoms with E-state index in [4.69, 9.17) is 4.74 Å². The van der Waals surface area contributed by atoms with Gasteiger partial charge in [-0.1, -0.05) is 48.2 Å². The lowest BCUT2D eigenvalue weighted by atomic mass is 10.2. The number of benzene rings is 2. The predicted molar refractivity (Wildman–Crippen MR) is 89.9 cm³/mol. The van der Waals surface area contributed by atoms with Gasteiger partial charge >= 0.3 is 11.6 Å². The summed E-state index contributed by atoms with van der Waals surface area (Å²) in [7, 11) is 0. The molecule has 0 saturated heterocycles. The van der Waals surface area contributed by atoms with Crippen LogP contribution in [-0.4, -0.2) is 18.1 Å². The highest BCUT2D eigenvalue weighted by Gasteiger charge is 2.29. The number of thioether (sulfide) groups is 1. The fourth-order valence-electron chi connectivity index (χ4n) is 1.81. The number of hydrogen-bond acceptors (Lipinski definition) is 3. The van der Waals surface area contributed by atoms with Gasteiger partial charge in [0.1, 0.15) is 6.61 Å². The lowest BCUT2D eigenvalue weighted by molar-refractivity contribution is -0.0328. The highest BCUT2D eigenvalue weighted by atomic mass is 32.2. The van der Waals surface area contributed by atoms with Gasteiger partial charge in [0.2, 0.25) is 0 Å². The molecule has 2 aromatic carbocycles. The molecular weight excluding hydrogens is 351 g/mol. The molecule has 0 fully saturated rings. The zero-order valence-electron chi connectivity index (χ0n) is 13.0. The van der Waals surface area contributed by atoms with Crippen LogP contribution in [0.3, 0.4) is 0 Å². The van der Waals surface area contributed by atoms with Crippen LogP contribution in [0.25, 0.3) is 0 Å². The topological polar surface area (TPSA) is 38.3 Å². The molecule has 0 spiro atoms. The molecule has 0 bridgehead atoms. The van der Waals surface area contributed by atoms with Gasteiger partial charge in [0.25, 0.3) is 0 Å². The summed E-state index contributed by atoms with van der Waals surface area (Å²) in [6, 6.07) is 15.0. The summed E-state index contributed by atoms with van der Waals surface area (Å²) in [5.74, 6) is 5.37. The largest absolute Gasteiger partial charge is 0.446 e. The molecule has 0 saturated carbocycles. The van der Waals surface area contributed by atoms with E-state index >= 15 is 0 Å². The third kappa shape index (κ3) is 7.68. The number of amides is 1. The minimum absolute atomic E-state index is 0.0320. The molecule has 0 aliphatic heterocycles. The van der Waals surface area contributed by atoms with Crippen molar-refractivity contribution in [3.63, 3.8) is 0 Å². The molecule has 0 aliphatic rings. The summed E-state index contributed by atoms with van der Waals surface area (Å²) < 4.78 is 42.0. The van der Waals surface area contributed by atoms with Crippen molar-refractivity contribution in [1.82, 2.24) is 5.32 Å². The first kappa shape index (κ1) is 18.7. The van der Waals surface area contributed by atoms with Crippen molar-refractivity contribution in [2.75, 3.05) is 6.54 Å². The van der Waals surface area contributed by atoms with Crippen molar-refractivity contribution in [3.05, 3.63) is 65.7 Å². The highest BCUT2D eigenvalue weighted by Crippen LogP contribution is 2.36. The molecule has 0 unspecified atom stereocenters. The molecule has 0 radical (unpaired) electrons. The zero-order chi connectivity index (χ0) is 18.1. The van der Waals surface area contributed by atoms with Gasteiger partial charge in [-0.15, -0.1) is 0 Å². The number of carbonyl (C=O) groups is 1. The SMILES string of the molecule is O=C(NCC#Cc1cccc(SC(F)(F)F)c1)OCc1ccccc1. The van der Waals surface area contributed by atoms with Gasteiger partial charge < -0.3 is 10.1 Å². The number of rotatable bonds is 4. The van der Waals surface area contributed by atoms with Crippen molar-refractivity contribution >= 4 is 17.9 Å². The average Bonchev–Trinajstić information content (AvgIpc) is 2.57. The van der Waals surface area contributed by atoms with Crippen molar-refractivity contribution in [1.29, 1.82) is 0 Å². The van der Waals surface area contributed by atoms with Gasteiger partial charge in [-0.05, 0) is 35.5 Å². The van der Waals surface area contributed by atoms with Crippen LogP contribution >= 0.6 is 11.8 Å². The standard InChI is InChI=1S/C18H14F3NO2S/c19-18(20,21)25-16-10-4-8-14(12-16)9-5-11-22-17(23)24-13-15-6-2-1-3-7-15/h1-4,6-8,10,12H,11,13H2,(H,22,23). The van der Waals surface area contributed by atoms with Crippen molar-refractivity contribution in [2.45, 2.75) is 17.0 Å². The van der Waals surface area contributed by atoms with Crippen LogP contribution in [0, 0.1) is 11.8 Å². The molecule has 0 aromatic heterocycles. The van der Waals surface area contributed by atoms with Crippen LogP contribution in [0.1, 0.15) is 11.1 Å². The maximum Gasteiger partial charge on any atom is 0.446 e. The van der Waals surface area contributed by atoms with Crippen molar-refractivity contribution < 1.29 is 22.7 Å². The second-order valence-electron chi connectivity index (χ2n) is 4.79. The number of hydrogen-bond donors (Lipinski definition) is 1. The van der Waals surface area contributed by atoms with E-state index in [-0.39, 0.29) is 29.8 Å². The Labute approximate surface area is 147 Å². The van der Waals surface area contributed by atoms with Crippen LogP contribution in [-0.2, 0) is 11.3 Å². The Bertz CT molecular complexity index is 767. The smallest absolute Gasteiger partial charge is 0.445 e.